The average Bonchev–Trinajstić information content (AvgIpc) is 2.91. The van der Waals surface area contributed by atoms with E-state index in [1.165, 1.54) is 48.5 Å². The van der Waals surface area contributed by atoms with Crippen LogP contribution in [-0.4, -0.2) is 29.9 Å². The highest BCUT2D eigenvalue weighted by Gasteiger charge is 2.22. The molecule has 0 radical (unpaired) electrons. The maximum Gasteiger partial charge on any atom is 0.340 e. The molecule has 40 heavy (non-hydrogen) atoms. The van der Waals surface area contributed by atoms with E-state index >= 15 is 0 Å². The molecule has 4 aromatic carbocycles. The Bertz CT molecular complexity index is 1770. The molecule has 0 saturated carbocycles. The number of sulfonamides is 2. The summed E-state index contributed by atoms with van der Waals surface area (Å²) in [4.78, 5) is 12.5. The lowest BCUT2D eigenvalue weighted by Crippen LogP contribution is -2.16. The standard InChI is InChI=1S/C28H25FN2O7S2/c1-18-4-10-22(11-5-18)39(33,34)30-25-15-9-21(17-24(25)28(32)37-3)38-27-16-20(29)8-14-26(27)31-40(35,36)23-12-6-19(2)7-13-23/h4-17,30-31H,1-3H3. The first kappa shape index (κ1) is 28.6. The van der Waals surface area contributed by atoms with Gasteiger partial charge in [0, 0.05) is 6.07 Å². The summed E-state index contributed by atoms with van der Waals surface area (Å²) in [5, 5.41) is 0. The van der Waals surface area contributed by atoms with Crippen molar-refractivity contribution in [3.05, 3.63) is 107 Å². The summed E-state index contributed by atoms with van der Waals surface area (Å²) in [6.07, 6.45) is 0. The van der Waals surface area contributed by atoms with Crippen LogP contribution in [-0.2, 0) is 24.8 Å². The van der Waals surface area contributed by atoms with Gasteiger partial charge in [-0.15, -0.1) is 0 Å². The van der Waals surface area contributed by atoms with E-state index < -0.39 is 31.8 Å². The lowest BCUT2D eigenvalue weighted by Gasteiger charge is -2.16. The van der Waals surface area contributed by atoms with Gasteiger partial charge in [0.2, 0.25) is 0 Å². The maximum absolute atomic E-state index is 14.1. The van der Waals surface area contributed by atoms with Gasteiger partial charge >= 0.3 is 5.97 Å². The molecule has 0 spiro atoms. The van der Waals surface area contributed by atoms with Crippen LogP contribution in [0.3, 0.4) is 0 Å². The van der Waals surface area contributed by atoms with Crippen molar-refractivity contribution in [2.24, 2.45) is 0 Å². The van der Waals surface area contributed by atoms with Crippen molar-refractivity contribution in [3.63, 3.8) is 0 Å². The molecule has 9 nitrogen and oxygen atoms in total. The zero-order chi connectivity index (χ0) is 29.1. The number of carbonyl (C=O) groups excluding carboxylic acids is 1. The zero-order valence-electron chi connectivity index (χ0n) is 21.6. The molecule has 12 heteroatoms. The summed E-state index contributed by atoms with van der Waals surface area (Å²) in [6.45, 7) is 3.63. The molecule has 4 aromatic rings. The summed E-state index contributed by atoms with van der Waals surface area (Å²) in [7, 11) is -6.97. The molecule has 0 bridgehead atoms. The van der Waals surface area contributed by atoms with E-state index in [9.17, 15) is 26.0 Å². The number of halogens is 1. The number of carbonyl (C=O) groups is 1. The van der Waals surface area contributed by atoms with E-state index in [4.69, 9.17) is 9.47 Å². The van der Waals surface area contributed by atoms with Crippen molar-refractivity contribution in [3.8, 4) is 11.5 Å². The summed E-state index contributed by atoms with van der Waals surface area (Å²) in [5.41, 5.74) is 1.41. The molecule has 0 aliphatic carbocycles. The quantitative estimate of drug-likeness (QED) is 0.244. The van der Waals surface area contributed by atoms with Gasteiger partial charge in [-0.2, -0.15) is 0 Å². The third kappa shape index (κ3) is 6.58. The fraction of sp³-hybridized carbons (Fsp3) is 0.107. The van der Waals surface area contributed by atoms with Gasteiger partial charge in [0.1, 0.15) is 11.6 Å². The SMILES string of the molecule is COC(=O)c1cc(Oc2cc(F)ccc2NS(=O)(=O)c2ccc(C)cc2)ccc1NS(=O)(=O)c1ccc(C)cc1. The number of hydrogen-bond donors (Lipinski definition) is 2. The van der Waals surface area contributed by atoms with E-state index in [-0.39, 0.29) is 38.2 Å². The molecule has 0 aliphatic heterocycles. The number of nitrogens with one attached hydrogen (secondary N) is 2. The molecular formula is C28H25FN2O7S2. The van der Waals surface area contributed by atoms with Crippen LogP contribution < -0.4 is 14.2 Å². The molecule has 208 valence electrons. The number of rotatable bonds is 9. The molecule has 0 saturated heterocycles. The number of hydrogen-bond acceptors (Lipinski definition) is 7. The first-order valence-electron chi connectivity index (χ1n) is 11.8. The summed E-state index contributed by atoms with van der Waals surface area (Å²) in [6, 6.07) is 19.3. The van der Waals surface area contributed by atoms with Crippen LogP contribution in [0.25, 0.3) is 0 Å². The minimum atomic E-state index is -4.05. The molecule has 2 N–H and O–H groups in total. The van der Waals surface area contributed by atoms with Gasteiger partial charge in [-0.25, -0.2) is 26.0 Å². The minimum absolute atomic E-state index is 0.00781. The van der Waals surface area contributed by atoms with Crippen molar-refractivity contribution in [2.75, 3.05) is 16.6 Å². The normalized spacial score (nSPS) is 11.5. The van der Waals surface area contributed by atoms with Crippen molar-refractivity contribution < 1.29 is 35.5 Å². The molecule has 0 amide bonds. The Hall–Kier alpha value is -4.42. The molecule has 0 atom stereocenters. The van der Waals surface area contributed by atoms with Gasteiger partial charge in [-0.3, -0.25) is 9.44 Å². The second kappa shape index (κ2) is 11.4. The first-order chi connectivity index (χ1) is 18.9. The van der Waals surface area contributed by atoms with E-state index in [1.54, 1.807) is 24.3 Å². The predicted octanol–water partition coefficient (Wildman–Crippen LogP) is 5.62. The number of esters is 1. The molecule has 0 aliphatic rings. The van der Waals surface area contributed by atoms with Crippen LogP contribution in [0.2, 0.25) is 0 Å². The van der Waals surface area contributed by atoms with Crippen LogP contribution in [0.15, 0.2) is 94.7 Å². The second-order valence-electron chi connectivity index (χ2n) is 8.78. The van der Waals surface area contributed by atoms with Crippen LogP contribution in [0, 0.1) is 19.7 Å². The number of benzene rings is 4. The maximum atomic E-state index is 14.1. The Morgan fingerprint density at radius 1 is 0.700 bits per heavy atom. The Morgan fingerprint density at radius 3 is 1.73 bits per heavy atom. The van der Waals surface area contributed by atoms with Crippen LogP contribution in [0.4, 0.5) is 15.8 Å². The third-order valence-electron chi connectivity index (χ3n) is 5.72. The lowest BCUT2D eigenvalue weighted by atomic mass is 10.1. The number of anilines is 2. The van der Waals surface area contributed by atoms with Gasteiger partial charge in [0.05, 0.1) is 33.8 Å². The van der Waals surface area contributed by atoms with Crippen LogP contribution in [0.5, 0.6) is 11.5 Å². The minimum Gasteiger partial charge on any atom is -0.465 e. The van der Waals surface area contributed by atoms with Gasteiger partial charge in [0.15, 0.2) is 5.75 Å². The van der Waals surface area contributed by atoms with Gasteiger partial charge in [-0.1, -0.05) is 35.4 Å². The van der Waals surface area contributed by atoms with Crippen molar-refractivity contribution in [1.82, 2.24) is 0 Å². The Balaban J connectivity index is 1.66. The summed E-state index contributed by atoms with van der Waals surface area (Å²) in [5.74, 6) is -1.78. The van der Waals surface area contributed by atoms with Gasteiger partial charge < -0.3 is 9.47 Å². The van der Waals surface area contributed by atoms with E-state index in [2.05, 4.69) is 9.44 Å². The topological polar surface area (TPSA) is 128 Å². The van der Waals surface area contributed by atoms with Crippen LogP contribution in [0.1, 0.15) is 21.5 Å². The summed E-state index contributed by atoms with van der Waals surface area (Å²) < 4.78 is 81.1. The Labute approximate surface area is 231 Å². The third-order valence-corrected chi connectivity index (χ3v) is 8.48. The molecular weight excluding hydrogens is 559 g/mol. The number of ether oxygens (including phenoxy) is 2. The van der Waals surface area contributed by atoms with Gasteiger partial charge in [-0.05, 0) is 68.4 Å². The molecule has 0 aromatic heterocycles. The monoisotopic (exact) mass is 584 g/mol. The average molecular weight is 585 g/mol. The highest BCUT2D eigenvalue weighted by Crippen LogP contribution is 2.34. The van der Waals surface area contributed by atoms with Crippen LogP contribution >= 0.6 is 0 Å². The summed E-state index contributed by atoms with van der Waals surface area (Å²) >= 11 is 0. The highest BCUT2D eigenvalue weighted by molar-refractivity contribution is 7.93. The van der Waals surface area contributed by atoms with E-state index in [0.29, 0.717) is 0 Å². The Morgan fingerprint density at radius 2 is 1.20 bits per heavy atom. The molecule has 0 heterocycles. The second-order valence-corrected chi connectivity index (χ2v) is 12.1. The van der Waals surface area contributed by atoms with Crippen molar-refractivity contribution in [1.29, 1.82) is 0 Å². The first-order valence-corrected chi connectivity index (χ1v) is 14.7. The fourth-order valence-corrected chi connectivity index (χ4v) is 5.74. The zero-order valence-corrected chi connectivity index (χ0v) is 23.3. The van der Waals surface area contributed by atoms with E-state index in [0.717, 1.165) is 30.4 Å². The Kier molecular flexibility index (Phi) is 8.12. The lowest BCUT2D eigenvalue weighted by molar-refractivity contribution is 0.0601. The molecule has 0 unspecified atom stereocenters. The largest absolute Gasteiger partial charge is 0.465 e. The van der Waals surface area contributed by atoms with Gasteiger partial charge in [0.25, 0.3) is 20.0 Å². The molecule has 0 fully saturated rings. The van der Waals surface area contributed by atoms with Crippen molar-refractivity contribution >= 4 is 37.4 Å². The van der Waals surface area contributed by atoms with Crippen molar-refractivity contribution in [2.45, 2.75) is 23.6 Å². The molecule has 4 rings (SSSR count). The fourth-order valence-electron chi connectivity index (χ4n) is 3.59. The number of methoxy groups -OCH3 is 1. The number of aryl methyl sites for hydroxylation is 2. The predicted molar refractivity (Wildman–Crippen MR) is 148 cm³/mol. The highest BCUT2D eigenvalue weighted by atomic mass is 32.2. The van der Waals surface area contributed by atoms with E-state index in [1.807, 2.05) is 13.8 Å². The smallest absolute Gasteiger partial charge is 0.340 e.